The number of likely N-dealkylation sites (tertiary alicyclic amines) is 1. The van der Waals surface area contributed by atoms with Crippen LogP contribution in [0.2, 0.25) is 0 Å². The number of aliphatic carboxylic acids is 1. The van der Waals surface area contributed by atoms with Gasteiger partial charge in [0.1, 0.15) is 6.04 Å². The number of carboxylic acids is 1. The number of carboxylic acid groups (broad SMARTS) is 1. The van der Waals surface area contributed by atoms with Gasteiger partial charge in [-0.2, -0.15) is 0 Å². The maximum Gasteiger partial charge on any atom is 0.326 e. The maximum absolute atomic E-state index is 12.7. The number of amides is 1. The third kappa shape index (κ3) is 2.56. The van der Waals surface area contributed by atoms with Crippen molar-refractivity contribution in [3.05, 3.63) is 30.1 Å². The Morgan fingerprint density at radius 1 is 1.35 bits per heavy atom. The molecule has 0 saturated carbocycles. The first kappa shape index (κ1) is 15.5. The van der Waals surface area contributed by atoms with E-state index in [1.807, 2.05) is 0 Å². The van der Waals surface area contributed by atoms with Crippen LogP contribution in [-0.4, -0.2) is 58.5 Å². The van der Waals surface area contributed by atoms with Gasteiger partial charge in [-0.3, -0.25) is 9.20 Å². The van der Waals surface area contributed by atoms with Gasteiger partial charge in [-0.15, -0.1) is 0 Å². The highest BCUT2D eigenvalue weighted by molar-refractivity contribution is 7.90. The average molecular weight is 337 g/mol. The van der Waals surface area contributed by atoms with Crippen LogP contribution in [0.15, 0.2) is 29.6 Å². The molecular weight excluding hydrogens is 322 g/mol. The topological polar surface area (TPSA) is 109 Å². The Hall–Kier alpha value is -2.42. The fraction of sp³-hybridized carbons (Fsp3) is 0.357. The first-order chi connectivity index (χ1) is 10.8. The van der Waals surface area contributed by atoms with Crippen LogP contribution in [0.5, 0.6) is 0 Å². The molecule has 0 aromatic carbocycles. The zero-order chi connectivity index (χ0) is 16.8. The van der Waals surface area contributed by atoms with Crippen molar-refractivity contribution in [2.45, 2.75) is 24.0 Å². The lowest BCUT2D eigenvalue weighted by Gasteiger charge is -2.20. The van der Waals surface area contributed by atoms with Gasteiger partial charge in [0.05, 0.1) is 5.52 Å². The number of aromatic nitrogens is 2. The predicted molar refractivity (Wildman–Crippen MR) is 80.0 cm³/mol. The van der Waals surface area contributed by atoms with Crippen LogP contribution in [0.25, 0.3) is 5.52 Å². The average Bonchev–Trinajstić information content (AvgIpc) is 3.11. The number of carbonyl (C=O) groups excluding carboxylic acids is 1. The van der Waals surface area contributed by atoms with Gasteiger partial charge in [-0.25, -0.2) is 18.2 Å². The molecule has 0 spiro atoms. The quantitative estimate of drug-likeness (QED) is 0.870. The summed E-state index contributed by atoms with van der Waals surface area (Å²) in [7, 11) is -3.63. The zero-order valence-corrected chi connectivity index (χ0v) is 13.2. The molecule has 122 valence electrons. The van der Waals surface area contributed by atoms with E-state index in [9.17, 15) is 23.1 Å². The molecule has 1 fully saturated rings. The number of pyridine rings is 1. The van der Waals surface area contributed by atoms with E-state index in [1.165, 1.54) is 15.5 Å². The first-order valence-electron chi connectivity index (χ1n) is 7.01. The second kappa shape index (κ2) is 5.34. The third-order valence-electron chi connectivity index (χ3n) is 3.85. The molecule has 3 rings (SSSR count). The van der Waals surface area contributed by atoms with E-state index in [0.29, 0.717) is 24.9 Å². The lowest BCUT2D eigenvalue weighted by Crippen LogP contribution is -2.40. The summed E-state index contributed by atoms with van der Waals surface area (Å²) in [5.74, 6) is -1.63. The smallest absolute Gasteiger partial charge is 0.326 e. The molecule has 0 bridgehead atoms. The number of imidazole rings is 1. The molecule has 2 aromatic heterocycles. The highest BCUT2D eigenvalue weighted by Gasteiger charge is 2.36. The van der Waals surface area contributed by atoms with E-state index < -0.39 is 27.8 Å². The Morgan fingerprint density at radius 3 is 2.74 bits per heavy atom. The van der Waals surface area contributed by atoms with E-state index in [0.717, 1.165) is 6.26 Å². The Balaban J connectivity index is 2.13. The monoisotopic (exact) mass is 337 g/mol. The molecule has 1 saturated heterocycles. The number of nitrogens with zero attached hydrogens (tertiary/aromatic N) is 3. The van der Waals surface area contributed by atoms with Crippen LogP contribution in [0.4, 0.5) is 0 Å². The molecule has 0 aliphatic carbocycles. The van der Waals surface area contributed by atoms with Crippen LogP contribution in [-0.2, 0) is 14.6 Å². The standard InChI is InChI=1S/C14H15N3O5S/c1-23(21,22)14-15-11(9-5-2-3-7-17(9)14)12(18)16-8-4-6-10(16)13(19)20/h2-3,5,7,10H,4,6,8H2,1H3,(H,19,20)/t10-/m1/s1. The van der Waals surface area contributed by atoms with Crippen molar-refractivity contribution in [3.63, 3.8) is 0 Å². The number of sulfone groups is 1. The molecule has 1 amide bonds. The van der Waals surface area contributed by atoms with Crippen LogP contribution >= 0.6 is 0 Å². The fourth-order valence-electron chi connectivity index (χ4n) is 2.83. The van der Waals surface area contributed by atoms with E-state index in [1.54, 1.807) is 18.2 Å². The summed E-state index contributed by atoms with van der Waals surface area (Å²) in [5.41, 5.74) is 0.299. The molecule has 1 N–H and O–H groups in total. The van der Waals surface area contributed by atoms with Crippen LogP contribution in [0, 0.1) is 0 Å². The van der Waals surface area contributed by atoms with Gasteiger partial charge in [-0.1, -0.05) is 6.07 Å². The van der Waals surface area contributed by atoms with Gasteiger partial charge in [0, 0.05) is 19.0 Å². The van der Waals surface area contributed by atoms with Crippen molar-refractivity contribution in [1.29, 1.82) is 0 Å². The molecule has 8 nitrogen and oxygen atoms in total. The highest BCUT2D eigenvalue weighted by atomic mass is 32.2. The van der Waals surface area contributed by atoms with Crippen molar-refractivity contribution in [1.82, 2.24) is 14.3 Å². The normalized spacial score (nSPS) is 18.5. The van der Waals surface area contributed by atoms with Gasteiger partial charge in [0.2, 0.25) is 15.0 Å². The molecule has 1 aliphatic rings. The second-order valence-electron chi connectivity index (χ2n) is 5.47. The zero-order valence-electron chi connectivity index (χ0n) is 12.3. The predicted octanol–water partition coefficient (Wildman–Crippen LogP) is 0.427. The van der Waals surface area contributed by atoms with E-state index in [-0.39, 0.29) is 10.9 Å². The van der Waals surface area contributed by atoms with Crippen LogP contribution in [0.3, 0.4) is 0 Å². The van der Waals surface area contributed by atoms with Crippen molar-refractivity contribution in [2.24, 2.45) is 0 Å². The van der Waals surface area contributed by atoms with Gasteiger partial charge in [0.25, 0.3) is 5.91 Å². The van der Waals surface area contributed by atoms with Gasteiger partial charge in [-0.05, 0) is 25.0 Å². The van der Waals surface area contributed by atoms with Gasteiger partial charge in [0.15, 0.2) is 5.69 Å². The summed E-state index contributed by atoms with van der Waals surface area (Å²) < 4.78 is 25.1. The number of hydrogen-bond acceptors (Lipinski definition) is 5. The summed E-state index contributed by atoms with van der Waals surface area (Å²) in [5, 5.41) is 8.98. The summed E-state index contributed by atoms with van der Waals surface area (Å²) in [6.45, 7) is 0.315. The fourth-order valence-corrected chi connectivity index (χ4v) is 3.60. The minimum atomic E-state index is -3.63. The molecule has 9 heteroatoms. The van der Waals surface area contributed by atoms with Gasteiger partial charge < -0.3 is 10.0 Å². The van der Waals surface area contributed by atoms with Crippen molar-refractivity contribution >= 4 is 27.2 Å². The molecule has 0 unspecified atom stereocenters. The maximum atomic E-state index is 12.7. The van der Waals surface area contributed by atoms with Crippen molar-refractivity contribution in [2.75, 3.05) is 12.8 Å². The number of rotatable bonds is 3. The van der Waals surface area contributed by atoms with E-state index >= 15 is 0 Å². The largest absolute Gasteiger partial charge is 0.480 e. The Morgan fingerprint density at radius 2 is 2.09 bits per heavy atom. The Labute approximate surface area is 132 Å². The molecule has 0 radical (unpaired) electrons. The first-order valence-corrected chi connectivity index (χ1v) is 8.91. The molecule has 3 heterocycles. The minimum absolute atomic E-state index is 0.0424. The highest BCUT2D eigenvalue weighted by Crippen LogP contribution is 2.23. The molecular formula is C14H15N3O5S. The third-order valence-corrected chi connectivity index (χ3v) is 4.80. The number of fused-ring (bicyclic) bond motifs is 1. The summed E-state index contributed by atoms with van der Waals surface area (Å²) in [6, 6.07) is 3.98. The van der Waals surface area contributed by atoms with Crippen LogP contribution in [0.1, 0.15) is 23.3 Å². The Kier molecular flexibility index (Phi) is 3.59. The summed E-state index contributed by atoms with van der Waals surface area (Å²) in [4.78, 5) is 29.2. The summed E-state index contributed by atoms with van der Waals surface area (Å²) >= 11 is 0. The lowest BCUT2D eigenvalue weighted by molar-refractivity contribution is -0.141. The lowest BCUT2D eigenvalue weighted by atomic mass is 10.2. The number of carbonyl (C=O) groups is 2. The van der Waals surface area contributed by atoms with E-state index in [4.69, 9.17) is 0 Å². The second-order valence-corrected chi connectivity index (χ2v) is 7.38. The van der Waals surface area contributed by atoms with Gasteiger partial charge >= 0.3 is 5.97 Å². The van der Waals surface area contributed by atoms with E-state index in [2.05, 4.69) is 4.98 Å². The Bertz CT molecular complexity index is 902. The number of hydrogen-bond donors (Lipinski definition) is 1. The van der Waals surface area contributed by atoms with Crippen LogP contribution < -0.4 is 0 Å². The SMILES string of the molecule is CS(=O)(=O)c1nc(C(=O)N2CCC[C@@H]2C(=O)O)c2ccccn12. The minimum Gasteiger partial charge on any atom is -0.480 e. The molecule has 1 aliphatic heterocycles. The summed E-state index contributed by atoms with van der Waals surface area (Å²) in [6.07, 6.45) is 3.49. The van der Waals surface area contributed by atoms with Crippen molar-refractivity contribution < 1.29 is 23.1 Å². The molecule has 2 aromatic rings. The van der Waals surface area contributed by atoms with Crippen molar-refractivity contribution in [3.8, 4) is 0 Å². The molecule has 1 atom stereocenters. The molecule has 23 heavy (non-hydrogen) atoms.